The van der Waals surface area contributed by atoms with Gasteiger partial charge in [0.15, 0.2) is 10.5 Å². The molecule has 1 N–H and O–H groups in total. The summed E-state index contributed by atoms with van der Waals surface area (Å²) in [5.74, 6) is 0. The largest absolute Gasteiger partial charge is 0.331 e. The molecule has 2 heterocycles. The Morgan fingerprint density at radius 2 is 1.65 bits per heavy atom. The maximum atomic E-state index is 12.9. The molecule has 0 saturated heterocycles. The monoisotopic (exact) mass is 404 g/mol. The Bertz CT molecular complexity index is 990. The Labute approximate surface area is 157 Å². The van der Waals surface area contributed by atoms with Gasteiger partial charge in [-0.15, -0.1) is 11.6 Å². The normalized spacial score (nSPS) is 13.4. The van der Waals surface area contributed by atoms with Crippen molar-refractivity contribution in [2.75, 3.05) is 0 Å². The molecule has 0 aliphatic carbocycles. The van der Waals surface area contributed by atoms with Crippen molar-refractivity contribution < 1.29 is 8.42 Å². The number of nitrogens with one attached hydrogen (secondary N) is 1. The van der Waals surface area contributed by atoms with E-state index < -0.39 is 25.8 Å². The van der Waals surface area contributed by atoms with Crippen molar-refractivity contribution in [2.24, 2.45) is 0 Å². The first-order valence-corrected chi connectivity index (χ1v) is 10.9. The summed E-state index contributed by atoms with van der Waals surface area (Å²) in [6, 6.07) is 0. The zero-order valence-electron chi connectivity index (χ0n) is 15.3. The van der Waals surface area contributed by atoms with Crippen LogP contribution < -0.4 is 11.2 Å². The molecule has 0 radical (unpaired) electrons. The van der Waals surface area contributed by atoms with Gasteiger partial charge in [-0.3, -0.25) is 19.0 Å². The van der Waals surface area contributed by atoms with Crippen LogP contribution in [0.1, 0.15) is 52.9 Å². The van der Waals surface area contributed by atoms with E-state index in [1.165, 1.54) is 4.57 Å². The highest BCUT2D eigenvalue weighted by Crippen LogP contribution is 2.25. The van der Waals surface area contributed by atoms with Crippen LogP contribution in [0, 0.1) is 0 Å². The second-order valence-corrected chi connectivity index (χ2v) is 9.06. The molecule has 2 aromatic rings. The van der Waals surface area contributed by atoms with E-state index in [-0.39, 0.29) is 29.0 Å². The fourth-order valence-corrected chi connectivity index (χ4v) is 4.37. The Hall–Kier alpha value is -1.61. The van der Waals surface area contributed by atoms with Crippen molar-refractivity contribution in [2.45, 2.75) is 75.7 Å². The van der Waals surface area contributed by atoms with Crippen LogP contribution in [0.2, 0.25) is 0 Å². The number of fused-ring (bicyclic) bond motifs is 1. The van der Waals surface area contributed by atoms with Crippen LogP contribution in [-0.4, -0.2) is 32.5 Å². The predicted molar refractivity (Wildman–Crippen MR) is 102 cm³/mol. The molecule has 0 amide bonds. The summed E-state index contributed by atoms with van der Waals surface area (Å²) in [7, 11) is -3.94. The number of alkyl halides is 1. The minimum absolute atomic E-state index is 0.0281. The molecule has 0 aliphatic heterocycles. The second-order valence-electron chi connectivity index (χ2n) is 6.21. The molecule has 1 unspecified atom stereocenters. The van der Waals surface area contributed by atoms with Crippen LogP contribution in [-0.2, 0) is 22.9 Å². The fraction of sp³-hybridized carbons (Fsp3) is 0.688. The lowest BCUT2D eigenvalue weighted by Gasteiger charge is -2.13. The van der Waals surface area contributed by atoms with Crippen molar-refractivity contribution in [1.82, 2.24) is 19.3 Å². The molecule has 146 valence electrons. The van der Waals surface area contributed by atoms with Crippen molar-refractivity contribution in [3.05, 3.63) is 20.8 Å². The first kappa shape index (κ1) is 20.7. The number of unbranched alkanes of at least 4 members (excludes halogenated alkanes) is 2. The molecular weight excluding hydrogens is 380 g/mol. The van der Waals surface area contributed by atoms with Gasteiger partial charge in [0, 0.05) is 13.1 Å². The second kappa shape index (κ2) is 8.39. The smallest absolute Gasteiger partial charge is 0.289 e. The van der Waals surface area contributed by atoms with Gasteiger partial charge in [0.1, 0.15) is 10.2 Å². The third kappa shape index (κ3) is 3.59. The Kier molecular flexibility index (Phi) is 6.68. The van der Waals surface area contributed by atoms with E-state index in [4.69, 9.17) is 11.6 Å². The zero-order chi connectivity index (χ0) is 19.5. The van der Waals surface area contributed by atoms with E-state index >= 15 is 0 Å². The van der Waals surface area contributed by atoms with Crippen LogP contribution in [0.15, 0.2) is 14.6 Å². The molecule has 2 aromatic heterocycles. The number of aromatic nitrogens is 4. The molecule has 26 heavy (non-hydrogen) atoms. The lowest BCUT2D eigenvalue weighted by atomic mass is 10.3. The number of aromatic amines is 1. The van der Waals surface area contributed by atoms with Crippen LogP contribution in [0.4, 0.5) is 0 Å². The summed E-state index contributed by atoms with van der Waals surface area (Å²) in [6.07, 6.45) is 3.17. The highest BCUT2D eigenvalue weighted by Gasteiger charge is 2.31. The molecular formula is C16H25ClN4O4S. The van der Waals surface area contributed by atoms with Gasteiger partial charge in [0.25, 0.3) is 5.56 Å². The minimum Gasteiger partial charge on any atom is -0.289 e. The Morgan fingerprint density at radius 3 is 2.19 bits per heavy atom. The molecule has 2 rings (SSSR count). The maximum absolute atomic E-state index is 12.9. The third-order valence-electron chi connectivity index (χ3n) is 4.30. The molecule has 1 atom stereocenters. The average Bonchev–Trinajstić information content (AvgIpc) is 3.06. The van der Waals surface area contributed by atoms with Crippen molar-refractivity contribution >= 4 is 32.5 Å². The van der Waals surface area contributed by atoms with Gasteiger partial charge >= 0.3 is 5.69 Å². The third-order valence-corrected chi connectivity index (χ3v) is 7.17. The first-order valence-electron chi connectivity index (χ1n) is 8.90. The summed E-state index contributed by atoms with van der Waals surface area (Å²) in [6.45, 7) is 6.16. The van der Waals surface area contributed by atoms with E-state index in [1.807, 2.05) is 13.8 Å². The molecule has 0 aromatic carbocycles. The summed E-state index contributed by atoms with van der Waals surface area (Å²) < 4.78 is 26.7. The lowest BCUT2D eigenvalue weighted by molar-refractivity contribution is 0.530. The molecule has 0 aliphatic rings. The van der Waals surface area contributed by atoms with Crippen LogP contribution in [0.3, 0.4) is 0 Å². The van der Waals surface area contributed by atoms with Gasteiger partial charge in [-0.2, -0.15) is 5.10 Å². The number of hydrogen-bond donors (Lipinski definition) is 1. The van der Waals surface area contributed by atoms with E-state index in [1.54, 1.807) is 6.92 Å². The number of sulfone groups is 1. The van der Waals surface area contributed by atoms with Crippen molar-refractivity contribution in [1.29, 1.82) is 0 Å². The summed E-state index contributed by atoms with van der Waals surface area (Å²) in [5, 5.41) is 6.10. The van der Waals surface area contributed by atoms with Gasteiger partial charge in [-0.05, 0) is 19.3 Å². The molecule has 0 bridgehead atoms. The van der Waals surface area contributed by atoms with Gasteiger partial charge in [0.2, 0.25) is 9.84 Å². The molecule has 10 heteroatoms. The van der Waals surface area contributed by atoms with Crippen molar-refractivity contribution in [3.8, 4) is 0 Å². The predicted octanol–water partition coefficient (Wildman–Crippen LogP) is 2.24. The van der Waals surface area contributed by atoms with Crippen molar-refractivity contribution in [3.63, 3.8) is 0 Å². The topological polar surface area (TPSA) is 107 Å². The van der Waals surface area contributed by atoms with Gasteiger partial charge in [0.05, 0.1) is 0 Å². The van der Waals surface area contributed by atoms with E-state index in [0.29, 0.717) is 19.4 Å². The quantitative estimate of drug-likeness (QED) is 0.645. The SMILES string of the molecule is CCCCn1c(=O)c2n[nH]c(S(=O)(=O)C(Cl)CC)c2n(CCCC)c1=O. The van der Waals surface area contributed by atoms with Crippen LogP contribution in [0.25, 0.3) is 11.0 Å². The summed E-state index contributed by atoms with van der Waals surface area (Å²) in [4.78, 5) is 25.6. The minimum atomic E-state index is -3.94. The number of nitrogens with zero attached hydrogens (tertiary/aromatic N) is 3. The summed E-state index contributed by atoms with van der Waals surface area (Å²) >= 11 is 5.98. The molecule has 8 nitrogen and oxygen atoms in total. The highest BCUT2D eigenvalue weighted by atomic mass is 35.5. The molecule has 0 saturated carbocycles. The van der Waals surface area contributed by atoms with Crippen LogP contribution >= 0.6 is 11.6 Å². The average molecular weight is 405 g/mol. The maximum Gasteiger partial charge on any atom is 0.331 e. The van der Waals surface area contributed by atoms with E-state index in [0.717, 1.165) is 17.4 Å². The van der Waals surface area contributed by atoms with E-state index in [2.05, 4.69) is 10.2 Å². The zero-order valence-corrected chi connectivity index (χ0v) is 16.9. The Balaban J connectivity index is 2.85. The molecule has 0 fully saturated rings. The molecule has 0 spiro atoms. The van der Waals surface area contributed by atoms with Crippen LogP contribution in [0.5, 0.6) is 0 Å². The Morgan fingerprint density at radius 1 is 1.08 bits per heavy atom. The van der Waals surface area contributed by atoms with E-state index in [9.17, 15) is 18.0 Å². The number of rotatable bonds is 9. The first-order chi connectivity index (χ1) is 12.3. The van der Waals surface area contributed by atoms with Gasteiger partial charge < -0.3 is 0 Å². The fourth-order valence-electron chi connectivity index (χ4n) is 2.76. The lowest BCUT2D eigenvalue weighted by Crippen LogP contribution is -2.40. The van der Waals surface area contributed by atoms with Gasteiger partial charge in [-0.1, -0.05) is 33.6 Å². The number of H-pyrrole nitrogens is 1. The van der Waals surface area contributed by atoms with Gasteiger partial charge in [-0.25, -0.2) is 13.2 Å². The highest BCUT2D eigenvalue weighted by molar-refractivity contribution is 7.93. The number of halogens is 1. The summed E-state index contributed by atoms with van der Waals surface area (Å²) in [5.41, 5.74) is -1.10. The number of aryl methyl sites for hydroxylation is 1. The number of hydrogen-bond acceptors (Lipinski definition) is 5. The standard InChI is InChI=1S/C16H25ClN4O4S/c1-4-7-9-20-13-12(15(22)21(16(20)23)10-8-5-2)18-19-14(13)26(24,25)11(17)6-3/h11H,4-10H2,1-3H3,(H,18,19).